The Kier molecular flexibility index (Phi) is 5.30. The molecule has 2 atom stereocenters. The molecule has 0 aromatic heterocycles. The van der Waals surface area contributed by atoms with E-state index < -0.39 is 4.92 Å². The zero-order valence-electron chi connectivity index (χ0n) is 13.6. The van der Waals surface area contributed by atoms with Gasteiger partial charge in [0.25, 0.3) is 5.69 Å². The SMILES string of the molecule is O=C(NCCc1cccc([N+](=O)[O-])c1)N1CCC[C@@H]1[C@@H]1CCCO1. The largest absolute Gasteiger partial charge is 0.376 e. The molecular weight excluding hydrogens is 310 g/mol. The Balaban J connectivity index is 1.50. The molecule has 3 rings (SSSR count). The third-order valence-corrected chi connectivity index (χ3v) is 4.77. The molecule has 2 fully saturated rings. The predicted octanol–water partition coefficient (Wildman–Crippen LogP) is 2.49. The lowest BCUT2D eigenvalue weighted by Crippen LogP contribution is -2.47. The second-order valence-electron chi connectivity index (χ2n) is 6.36. The number of non-ortho nitro benzene ring substituents is 1. The Hall–Kier alpha value is -2.15. The molecule has 0 radical (unpaired) electrons. The fourth-order valence-electron chi connectivity index (χ4n) is 3.58. The molecule has 0 unspecified atom stereocenters. The summed E-state index contributed by atoms with van der Waals surface area (Å²) in [6.07, 6.45) is 4.87. The van der Waals surface area contributed by atoms with E-state index in [1.54, 1.807) is 12.1 Å². The quantitative estimate of drug-likeness (QED) is 0.663. The smallest absolute Gasteiger partial charge is 0.317 e. The Bertz CT molecular complexity index is 601. The molecule has 1 aromatic rings. The lowest BCUT2D eigenvalue weighted by molar-refractivity contribution is -0.384. The van der Waals surface area contributed by atoms with E-state index in [0.29, 0.717) is 13.0 Å². The van der Waals surface area contributed by atoms with Crippen molar-refractivity contribution in [2.45, 2.75) is 44.2 Å². The molecule has 0 saturated carbocycles. The number of likely N-dealkylation sites (tertiary alicyclic amines) is 1. The topological polar surface area (TPSA) is 84.7 Å². The first-order chi connectivity index (χ1) is 11.6. The van der Waals surface area contributed by atoms with Gasteiger partial charge in [0.1, 0.15) is 0 Å². The van der Waals surface area contributed by atoms with Gasteiger partial charge in [0.05, 0.1) is 17.1 Å². The van der Waals surface area contributed by atoms with Gasteiger partial charge in [-0.15, -0.1) is 0 Å². The molecule has 0 aliphatic carbocycles. The summed E-state index contributed by atoms with van der Waals surface area (Å²) in [7, 11) is 0. The fourth-order valence-corrected chi connectivity index (χ4v) is 3.58. The van der Waals surface area contributed by atoms with Crippen LogP contribution >= 0.6 is 0 Å². The van der Waals surface area contributed by atoms with E-state index in [-0.39, 0.29) is 23.9 Å². The van der Waals surface area contributed by atoms with E-state index in [1.165, 1.54) is 6.07 Å². The molecule has 7 nitrogen and oxygen atoms in total. The summed E-state index contributed by atoms with van der Waals surface area (Å²) >= 11 is 0. The van der Waals surface area contributed by atoms with Gasteiger partial charge in [-0.05, 0) is 37.7 Å². The van der Waals surface area contributed by atoms with Crippen LogP contribution in [-0.4, -0.2) is 47.7 Å². The van der Waals surface area contributed by atoms with Crippen molar-refractivity contribution in [2.75, 3.05) is 19.7 Å². The van der Waals surface area contributed by atoms with Crippen LogP contribution < -0.4 is 5.32 Å². The number of nitro groups is 1. The summed E-state index contributed by atoms with van der Waals surface area (Å²) in [6, 6.07) is 6.66. The molecule has 0 bridgehead atoms. The van der Waals surface area contributed by atoms with Crippen molar-refractivity contribution in [3.05, 3.63) is 39.9 Å². The molecule has 2 aliphatic rings. The van der Waals surface area contributed by atoms with Gasteiger partial charge >= 0.3 is 6.03 Å². The Morgan fingerprint density at radius 1 is 1.38 bits per heavy atom. The maximum absolute atomic E-state index is 12.4. The van der Waals surface area contributed by atoms with Crippen molar-refractivity contribution in [1.82, 2.24) is 10.2 Å². The lowest BCUT2D eigenvalue weighted by Gasteiger charge is -2.29. The third-order valence-electron chi connectivity index (χ3n) is 4.77. The molecule has 0 spiro atoms. The standard InChI is InChI=1S/C17H23N3O4/c21-17(19-10-2-6-15(19)16-7-3-11-24-16)18-9-8-13-4-1-5-14(12-13)20(22)23/h1,4-5,12,15-16H,2-3,6-11H2,(H,18,21)/t15-,16+/m1/s1. The van der Waals surface area contributed by atoms with Crippen LogP contribution in [0.3, 0.4) is 0 Å². The van der Waals surface area contributed by atoms with Crippen LogP contribution in [0.25, 0.3) is 0 Å². The van der Waals surface area contributed by atoms with Crippen LogP contribution in [0.15, 0.2) is 24.3 Å². The van der Waals surface area contributed by atoms with Gasteiger partial charge in [0, 0.05) is 31.8 Å². The average molecular weight is 333 g/mol. The van der Waals surface area contributed by atoms with Crippen LogP contribution in [0.1, 0.15) is 31.2 Å². The van der Waals surface area contributed by atoms with Crippen molar-refractivity contribution in [3.63, 3.8) is 0 Å². The predicted molar refractivity (Wildman–Crippen MR) is 88.9 cm³/mol. The van der Waals surface area contributed by atoms with Crippen LogP contribution in [-0.2, 0) is 11.2 Å². The molecule has 7 heteroatoms. The van der Waals surface area contributed by atoms with Crippen molar-refractivity contribution >= 4 is 11.7 Å². The minimum absolute atomic E-state index is 0.0570. The van der Waals surface area contributed by atoms with E-state index in [9.17, 15) is 14.9 Å². The molecule has 1 N–H and O–H groups in total. The first-order valence-electron chi connectivity index (χ1n) is 8.54. The van der Waals surface area contributed by atoms with Gasteiger partial charge < -0.3 is 15.0 Å². The number of nitrogens with zero attached hydrogens (tertiary/aromatic N) is 2. The molecular formula is C17H23N3O4. The van der Waals surface area contributed by atoms with Gasteiger partial charge in [-0.25, -0.2) is 4.79 Å². The fraction of sp³-hybridized carbons (Fsp3) is 0.588. The van der Waals surface area contributed by atoms with Crippen molar-refractivity contribution < 1.29 is 14.5 Å². The minimum Gasteiger partial charge on any atom is -0.376 e. The van der Waals surface area contributed by atoms with E-state index in [2.05, 4.69) is 5.32 Å². The van der Waals surface area contributed by atoms with E-state index in [4.69, 9.17) is 4.74 Å². The summed E-state index contributed by atoms with van der Waals surface area (Å²) in [5.41, 5.74) is 0.929. The van der Waals surface area contributed by atoms with Crippen molar-refractivity contribution in [1.29, 1.82) is 0 Å². The molecule has 24 heavy (non-hydrogen) atoms. The van der Waals surface area contributed by atoms with Crippen molar-refractivity contribution in [2.24, 2.45) is 0 Å². The van der Waals surface area contributed by atoms with Gasteiger partial charge in [-0.1, -0.05) is 12.1 Å². The van der Waals surface area contributed by atoms with E-state index in [1.807, 2.05) is 11.0 Å². The highest BCUT2D eigenvalue weighted by Gasteiger charge is 2.36. The summed E-state index contributed by atoms with van der Waals surface area (Å²) in [6.45, 7) is 2.03. The first-order valence-corrected chi connectivity index (χ1v) is 8.54. The Labute approximate surface area is 141 Å². The summed E-state index contributed by atoms with van der Waals surface area (Å²) in [4.78, 5) is 24.7. The lowest BCUT2D eigenvalue weighted by atomic mass is 10.1. The molecule has 1 aromatic carbocycles. The normalized spacial score (nSPS) is 23.4. The highest BCUT2D eigenvalue weighted by Crippen LogP contribution is 2.27. The number of urea groups is 1. The van der Waals surface area contributed by atoms with Crippen LogP contribution in [0.2, 0.25) is 0 Å². The Morgan fingerprint density at radius 2 is 2.25 bits per heavy atom. The van der Waals surface area contributed by atoms with Crippen molar-refractivity contribution in [3.8, 4) is 0 Å². The highest BCUT2D eigenvalue weighted by molar-refractivity contribution is 5.75. The number of ether oxygens (including phenoxy) is 1. The number of nitro benzene ring substituents is 1. The van der Waals surface area contributed by atoms with Crippen LogP contribution in [0.4, 0.5) is 10.5 Å². The zero-order valence-corrected chi connectivity index (χ0v) is 13.6. The zero-order chi connectivity index (χ0) is 16.9. The average Bonchev–Trinajstić information content (AvgIpc) is 3.26. The second kappa shape index (κ2) is 7.61. The number of rotatable bonds is 5. The Morgan fingerprint density at radius 3 is 3.00 bits per heavy atom. The maximum atomic E-state index is 12.4. The number of hydrogen-bond donors (Lipinski definition) is 1. The summed E-state index contributed by atoms with van der Waals surface area (Å²) in [5.74, 6) is 0. The minimum atomic E-state index is -0.404. The van der Waals surface area contributed by atoms with Crippen LogP contribution in [0.5, 0.6) is 0 Å². The maximum Gasteiger partial charge on any atom is 0.317 e. The molecule has 2 amide bonds. The first kappa shape index (κ1) is 16.7. The number of benzene rings is 1. The number of hydrogen-bond acceptors (Lipinski definition) is 4. The highest BCUT2D eigenvalue weighted by atomic mass is 16.6. The molecule has 2 heterocycles. The van der Waals surface area contributed by atoms with Crippen LogP contribution in [0, 0.1) is 10.1 Å². The summed E-state index contributed by atoms with van der Waals surface area (Å²) in [5, 5.41) is 13.7. The van der Waals surface area contributed by atoms with E-state index in [0.717, 1.165) is 44.4 Å². The number of carbonyl (C=O) groups is 1. The molecule has 130 valence electrons. The number of amides is 2. The second-order valence-corrected chi connectivity index (χ2v) is 6.36. The third kappa shape index (κ3) is 3.84. The van der Waals surface area contributed by atoms with Gasteiger partial charge in [-0.3, -0.25) is 10.1 Å². The summed E-state index contributed by atoms with van der Waals surface area (Å²) < 4.78 is 5.74. The van der Waals surface area contributed by atoms with E-state index >= 15 is 0 Å². The van der Waals surface area contributed by atoms with Gasteiger partial charge in [0.2, 0.25) is 0 Å². The number of carbonyl (C=O) groups excluding carboxylic acids is 1. The molecule has 2 aliphatic heterocycles. The number of nitrogens with one attached hydrogen (secondary N) is 1. The van der Waals surface area contributed by atoms with Gasteiger partial charge in [-0.2, -0.15) is 0 Å². The molecule has 2 saturated heterocycles. The van der Waals surface area contributed by atoms with Gasteiger partial charge in [0.15, 0.2) is 0 Å². The monoisotopic (exact) mass is 333 g/mol.